The van der Waals surface area contributed by atoms with E-state index in [1.807, 2.05) is 45.0 Å². The molecule has 1 atom stereocenters. The van der Waals surface area contributed by atoms with Gasteiger partial charge in [-0.3, -0.25) is 14.9 Å². The van der Waals surface area contributed by atoms with Gasteiger partial charge in [-0.1, -0.05) is 30.3 Å². The minimum Gasteiger partial charge on any atom is -0.491 e. The van der Waals surface area contributed by atoms with Crippen LogP contribution in [0, 0.1) is 10.1 Å². The van der Waals surface area contributed by atoms with Gasteiger partial charge in [-0.05, 0) is 38.5 Å². The summed E-state index contributed by atoms with van der Waals surface area (Å²) in [5.41, 5.74) is 1.30. The Hall–Kier alpha value is -2.89. The summed E-state index contributed by atoms with van der Waals surface area (Å²) in [6, 6.07) is 13.6. The Kier molecular flexibility index (Phi) is 6.11. The van der Waals surface area contributed by atoms with Crippen LogP contribution in [0.1, 0.15) is 37.9 Å². The first-order chi connectivity index (χ1) is 11.9. The van der Waals surface area contributed by atoms with Crippen molar-refractivity contribution in [1.29, 1.82) is 0 Å². The van der Waals surface area contributed by atoms with Crippen molar-refractivity contribution < 1.29 is 14.5 Å². The highest BCUT2D eigenvalue weighted by Crippen LogP contribution is 2.20. The molecule has 0 aromatic heterocycles. The van der Waals surface area contributed by atoms with E-state index in [4.69, 9.17) is 4.74 Å². The number of carbonyl (C=O) groups is 1. The van der Waals surface area contributed by atoms with Crippen LogP contribution in [0.2, 0.25) is 0 Å². The highest BCUT2D eigenvalue weighted by Gasteiger charge is 2.17. The van der Waals surface area contributed by atoms with E-state index >= 15 is 0 Å². The predicted molar refractivity (Wildman–Crippen MR) is 95.6 cm³/mol. The lowest BCUT2D eigenvalue weighted by Gasteiger charge is -2.16. The molecule has 2 aromatic carbocycles. The van der Waals surface area contributed by atoms with Crippen molar-refractivity contribution in [1.82, 2.24) is 5.32 Å². The van der Waals surface area contributed by atoms with Gasteiger partial charge in [-0.2, -0.15) is 0 Å². The fraction of sp³-hybridized carbons (Fsp3) is 0.316. The van der Waals surface area contributed by atoms with Gasteiger partial charge in [0.05, 0.1) is 23.5 Å². The number of benzene rings is 2. The van der Waals surface area contributed by atoms with Crippen molar-refractivity contribution in [3.63, 3.8) is 0 Å². The quantitative estimate of drug-likeness (QED) is 0.613. The number of hydrogen-bond acceptors (Lipinski definition) is 4. The molecule has 0 heterocycles. The lowest BCUT2D eigenvalue weighted by atomic mass is 10.1. The molecule has 0 aliphatic carbocycles. The summed E-state index contributed by atoms with van der Waals surface area (Å²) in [7, 11) is 0. The van der Waals surface area contributed by atoms with Crippen molar-refractivity contribution in [3.8, 4) is 5.75 Å². The molecule has 1 unspecified atom stereocenters. The molecule has 0 bridgehead atoms. The fourth-order valence-electron chi connectivity index (χ4n) is 2.49. The SMILES string of the molecule is CC(C)Oc1ccc(C(C)NC(=O)Cc2ccccc2[N+](=O)[O-])cc1. The van der Waals surface area contributed by atoms with E-state index < -0.39 is 4.92 Å². The molecule has 25 heavy (non-hydrogen) atoms. The van der Waals surface area contributed by atoms with Crippen LogP contribution in [0.25, 0.3) is 0 Å². The van der Waals surface area contributed by atoms with E-state index in [1.54, 1.807) is 18.2 Å². The van der Waals surface area contributed by atoms with Gasteiger partial charge in [0, 0.05) is 11.6 Å². The number of nitrogens with one attached hydrogen (secondary N) is 1. The topological polar surface area (TPSA) is 81.5 Å². The second-order valence-electron chi connectivity index (χ2n) is 6.09. The van der Waals surface area contributed by atoms with Gasteiger partial charge in [0.1, 0.15) is 5.75 Å². The number of hydrogen-bond donors (Lipinski definition) is 1. The maximum atomic E-state index is 12.2. The van der Waals surface area contributed by atoms with Gasteiger partial charge in [-0.15, -0.1) is 0 Å². The average molecular weight is 342 g/mol. The second kappa shape index (κ2) is 8.28. The number of nitro groups is 1. The molecular weight excluding hydrogens is 320 g/mol. The van der Waals surface area contributed by atoms with Gasteiger partial charge in [0.15, 0.2) is 0 Å². The van der Waals surface area contributed by atoms with E-state index in [9.17, 15) is 14.9 Å². The van der Waals surface area contributed by atoms with Gasteiger partial charge in [-0.25, -0.2) is 0 Å². The molecule has 132 valence electrons. The molecule has 6 heteroatoms. The normalized spacial score (nSPS) is 11.8. The van der Waals surface area contributed by atoms with E-state index in [-0.39, 0.29) is 30.2 Å². The van der Waals surface area contributed by atoms with Gasteiger partial charge in [0.25, 0.3) is 5.69 Å². The lowest BCUT2D eigenvalue weighted by Crippen LogP contribution is -2.28. The predicted octanol–water partition coefficient (Wildman–Crippen LogP) is 3.80. The second-order valence-corrected chi connectivity index (χ2v) is 6.09. The Morgan fingerprint density at radius 1 is 1.12 bits per heavy atom. The summed E-state index contributed by atoms with van der Waals surface area (Å²) < 4.78 is 5.59. The van der Waals surface area contributed by atoms with Crippen LogP contribution in [-0.4, -0.2) is 16.9 Å². The lowest BCUT2D eigenvalue weighted by molar-refractivity contribution is -0.385. The van der Waals surface area contributed by atoms with Gasteiger partial charge < -0.3 is 10.1 Å². The molecule has 0 aliphatic heterocycles. The van der Waals surface area contributed by atoms with Crippen LogP contribution in [0.5, 0.6) is 5.75 Å². The zero-order valence-corrected chi connectivity index (χ0v) is 14.6. The van der Waals surface area contributed by atoms with E-state index in [2.05, 4.69) is 5.32 Å². The van der Waals surface area contributed by atoms with Crippen molar-refractivity contribution >= 4 is 11.6 Å². The van der Waals surface area contributed by atoms with E-state index in [1.165, 1.54) is 6.07 Å². The molecule has 0 radical (unpaired) electrons. The molecule has 0 fully saturated rings. The van der Waals surface area contributed by atoms with Crippen LogP contribution < -0.4 is 10.1 Å². The summed E-state index contributed by atoms with van der Waals surface area (Å²) in [4.78, 5) is 22.8. The smallest absolute Gasteiger partial charge is 0.273 e. The molecule has 0 saturated carbocycles. The highest BCUT2D eigenvalue weighted by atomic mass is 16.6. The maximum Gasteiger partial charge on any atom is 0.273 e. The largest absolute Gasteiger partial charge is 0.491 e. The third kappa shape index (κ3) is 5.31. The van der Waals surface area contributed by atoms with Crippen molar-refractivity contribution in [2.45, 2.75) is 39.3 Å². The van der Waals surface area contributed by atoms with Crippen LogP contribution in [0.4, 0.5) is 5.69 Å². The van der Waals surface area contributed by atoms with Crippen LogP contribution in [0.15, 0.2) is 48.5 Å². The third-order valence-electron chi connectivity index (χ3n) is 3.67. The minimum absolute atomic E-state index is 0.0317. The first kappa shape index (κ1) is 18.4. The molecule has 0 saturated heterocycles. The minimum atomic E-state index is -0.473. The van der Waals surface area contributed by atoms with Crippen molar-refractivity contribution in [3.05, 3.63) is 69.8 Å². The van der Waals surface area contributed by atoms with Gasteiger partial charge >= 0.3 is 0 Å². The Labute approximate surface area is 147 Å². The standard InChI is InChI=1S/C19H22N2O4/c1-13(2)25-17-10-8-15(9-11-17)14(3)20-19(22)12-16-6-4-5-7-18(16)21(23)24/h4-11,13-14H,12H2,1-3H3,(H,20,22). The first-order valence-electron chi connectivity index (χ1n) is 8.15. The first-order valence-corrected chi connectivity index (χ1v) is 8.15. The summed E-state index contributed by atoms with van der Waals surface area (Å²) in [6.07, 6.45) is 0.0698. The summed E-state index contributed by atoms with van der Waals surface area (Å²) in [6.45, 7) is 5.79. The number of nitrogens with zero attached hydrogens (tertiary/aromatic N) is 1. The number of ether oxygens (including phenoxy) is 1. The van der Waals surface area contributed by atoms with E-state index in [0.717, 1.165) is 11.3 Å². The van der Waals surface area contributed by atoms with Crippen molar-refractivity contribution in [2.75, 3.05) is 0 Å². The fourth-order valence-corrected chi connectivity index (χ4v) is 2.49. The Morgan fingerprint density at radius 2 is 1.76 bits per heavy atom. The monoisotopic (exact) mass is 342 g/mol. The number of carbonyl (C=O) groups excluding carboxylic acids is 1. The Morgan fingerprint density at radius 3 is 2.36 bits per heavy atom. The van der Waals surface area contributed by atoms with Gasteiger partial charge in [0.2, 0.25) is 5.91 Å². The average Bonchev–Trinajstić information content (AvgIpc) is 2.55. The number of rotatable bonds is 7. The number of amides is 1. The maximum absolute atomic E-state index is 12.2. The van der Waals surface area contributed by atoms with Crippen LogP contribution >= 0.6 is 0 Å². The summed E-state index contributed by atoms with van der Waals surface area (Å²) >= 11 is 0. The van der Waals surface area contributed by atoms with E-state index in [0.29, 0.717) is 5.56 Å². The summed E-state index contributed by atoms with van der Waals surface area (Å²) in [5, 5.41) is 13.9. The molecule has 1 N–H and O–H groups in total. The molecule has 2 rings (SSSR count). The molecule has 0 spiro atoms. The third-order valence-corrected chi connectivity index (χ3v) is 3.67. The van der Waals surface area contributed by atoms with Crippen LogP contribution in [0.3, 0.4) is 0 Å². The number of para-hydroxylation sites is 1. The molecule has 1 amide bonds. The zero-order valence-electron chi connectivity index (χ0n) is 14.6. The zero-order chi connectivity index (χ0) is 18.4. The highest BCUT2D eigenvalue weighted by molar-refractivity contribution is 5.80. The Bertz CT molecular complexity index is 741. The molecule has 0 aliphatic rings. The molecule has 2 aromatic rings. The molecule has 6 nitrogen and oxygen atoms in total. The number of nitro benzene ring substituents is 1. The van der Waals surface area contributed by atoms with Crippen LogP contribution in [-0.2, 0) is 11.2 Å². The summed E-state index contributed by atoms with van der Waals surface area (Å²) in [5.74, 6) is 0.515. The van der Waals surface area contributed by atoms with Crippen molar-refractivity contribution in [2.24, 2.45) is 0 Å². The molecular formula is C19H22N2O4. The Balaban J connectivity index is 1.99.